The van der Waals surface area contributed by atoms with E-state index in [4.69, 9.17) is 4.74 Å². The number of anilines is 1. The highest BCUT2D eigenvalue weighted by atomic mass is 32.2. The number of aryl methyl sites for hydroxylation is 2. The molecule has 2 amide bonds. The highest BCUT2D eigenvalue weighted by Gasteiger charge is 2.34. The van der Waals surface area contributed by atoms with Crippen molar-refractivity contribution >= 4 is 33.2 Å². The quantitative estimate of drug-likeness (QED) is 0.218. The summed E-state index contributed by atoms with van der Waals surface area (Å²) < 4.78 is 34.2. The van der Waals surface area contributed by atoms with Crippen LogP contribution < -0.4 is 14.4 Å². The number of carbonyl (C=O) groups excluding carboxylic acids is 2. The molecular weight excluding hydrogens is 572 g/mol. The Labute approximate surface area is 252 Å². The molecule has 12 heteroatoms. The number of ether oxygens (including phenoxy) is 1. The Balaban J connectivity index is 2.10. The molecular formula is C31H38N4O7S. The van der Waals surface area contributed by atoms with Gasteiger partial charge in [0.25, 0.3) is 15.7 Å². The van der Waals surface area contributed by atoms with Crippen LogP contribution in [-0.2, 0) is 26.2 Å². The first kappa shape index (κ1) is 33.1. The van der Waals surface area contributed by atoms with Crippen LogP contribution in [0.15, 0.2) is 71.6 Å². The fourth-order valence-electron chi connectivity index (χ4n) is 4.37. The van der Waals surface area contributed by atoms with Crippen molar-refractivity contribution in [2.45, 2.75) is 64.6 Å². The van der Waals surface area contributed by atoms with Gasteiger partial charge in [0.15, 0.2) is 0 Å². The molecule has 0 saturated heterocycles. The van der Waals surface area contributed by atoms with Crippen LogP contribution in [0.5, 0.6) is 5.75 Å². The van der Waals surface area contributed by atoms with Gasteiger partial charge >= 0.3 is 0 Å². The Morgan fingerprint density at radius 2 is 1.65 bits per heavy atom. The first-order chi connectivity index (χ1) is 20.3. The molecule has 0 heterocycles. The van der Waals surface area contributed by atoms with Gasteiger partial charge in [-0.05, 0) is 75.6 Å². The van der Waals surface area contributed by atoms with Crippen LogP contribution in [0.4, 0.5) is 11.4 Å². The smallest absolute Gasteiger partial charge is 0.273 e. The molecule has 3 rings (SSSR count). The summed E-state index contributed by atoms with van der Waals surface area (Å²) >= 11 is 0. The van der Waals surface area contributed by atoms with Gasteiger partial charge in [0.05, 0.1) is 22.6 Å². The van der Waals surface area contributed by atoms with E-state index in [9.17, 15) is 28.1 Å². The number of nitrogens with zero attached hydrogens (tertiary/aromatic N) is 3. The average Bonchev–Trinajstić information content (AvgIpc) is 2.98. The Morgan fingerprint density at radius 1 is 1.00 bits per heavy atom. The molecule has 0 aromatic heterocycles. The van der Waals surface area contributed by atoms with E-state index in [1.807, 2.05) is 45.0 Å². The molecule has 0 unspecified atom stereocenters. The second kappa shape index (κ2) is 14.1. The van der Waals surface area contributed by atoms with Gasteiger partial charge in [-0.3, -0.25) is 24.0 Å². The number of rotatable bonds is 13. The monoisotopic (exact) mass is 610 g/mol. The molecule has 2 atom stereocenters. The van der Waals surface area contributed by atoms with Crippen molar-refractivity contribution in [3.8, 4) is 5.75 Å². The zero-order chi connectivity index (χ0) is 31.9. The Hall–Kier alpha value is -4.45. The van der Waals surface area contributed by atoms with E-state index in [1.165, 1.54) is 43.2 Å². The molecule has 0 aliphatic carbocycles. The average molecular weight is 611 g/mol. The molecule has 0 aliphatic heterocycles. The number of sulfonamides is 1. The predicted octanol–water partition coefficient (Wildman–Crippen LogP) is 4.75. The van der Waals surface area contributed by atoms with E-state index in [-0.39, 0.29) is 34.8 Å². The summed E-state index contributed by atoms with van der Waals surface area (Å²) in [4.78, 5) is 39.2. The largest absolute Gasteiger partial charge is 0.497 e. The van der Waals surface area contributed by atoms with Crippen LogP contribution in [0.1, 0.15) is 43.9 Å². The Morgan fingerprint density at radius 3 is 2.23 bits per heavy atom. The van der Waals surface area contributed by atoms with Crippen molar-refractivity contribution in [2.24, 2.45) is 0 Å². The summed E-state index contributed by atoms with van der Waals surface area (Å²) in [7, 11) is -3.02. The van der Waals surface area contributed by atoms with Crippen molar-refractivity contribution in [3.05, 3.63) is 93.5 Å². The van der Waals surface area contributed by atoms with E-state index in [1.54, 1.807) is 19.1 Å². The standard InChI is InChI=1S/C31H38N4O7S/c1-7-23(4)32-31(37)24(5)33(19-25-11-9-8-10-21(25)2)30(36)20-34(26-13-15-27(42-6)16-14-26)43(40,41)28-17-12-22(3)29(18-28)35(38)39/h8-18,23-24H,7,19-20H2,1-6H3,(H,32,37)/t23-,24+/m1/s1. The molecule has 0 saturated carbocycles. The maximum absolute atomic E-state index is 14.1. The van der Waals surface area contributed by atoms with Crippen molar-refractivity contribution in [2.75, 3.05) is 18.0 Å². The molecule has 43 heavy (non-hydrogen) atoms. The maximum atomic E-state index is 14.1. The number of nitro benzene ring substituents is 1. The maximum Gasteiger partial charge on any atom is 0.273 e. The van der Waals surface area contributed by atoms with Crippen molar-refractivity contribution in [1.29, 1.82) is 0 Å². The molecule has 0 radical (unpaired) electrons. The van der Waals surface area contributed by atoms with Crippen LogP contribution in [0.3, 0.4) is 0 Å². The fraction of sp³-hybridized carbons (Fsp3) is 0.355. The lowest BCUT2D eigenvalue weighted by molar-refractivity contribution is -0.385. The van der Waals surface area contributed by atoms with E-state index in [0.29, 0.717) is 17.7 Å². The summed E-state index contributed by atoms with van der Waals surface area (Å²) in [5, 5.41) is 14.5. The first-order valence-corrected chi connectivity index (χ1v) is 15.3. The fourth-order valence-corrected chi connectivity index (χ4v) is 5.80. The van der Waals surface area contributed by atoms with Crippen molar-refractivity contribution in [1.82, 2.24) is 10.2 Å². The SMILES string of the molecule is CC[C@@H](C)NC(=O)[C@H](C)N(Cc1ccccc1C)C(=O)CN(c1ccc(OC)cc1)S(=O)(=O)c1ccc(C)c([N+](=O)[O-])c1. The van der Waals surface area contributed by atoms with Crippen LogP contribution in [0.25, 0.3) is 0 Å². The number of benzene rings is 3. The van der Waals surface area contributed by atoms with Gasteiger partial charge in [0.1, 0.15) is 18.3 Å². The zero-order valence-electron chi connectivity index (χ0n) is 25.2. The molecule has 3 aromatic carbocycles. The molecule has 0 fully saturated rings. The topological polar surface area (TPSA) is 139 Å². The van der Waals surface area contributed by atoms with E-state index < -0.39 is 33.4 Å². The van der Waals surface area contributed by atoms with Crippen LogP contribution in [0, 0.1) is 24.0 Å². The summed E-state index contributed by atoms with van der Waals surface area (Å²) in [6, 6.07) is 16.0. The second-order valence-corrected chi connectivity index (χ2v) is 12.2. The third-order valence-corrected chi connectivity index (χ3v) is 9.14. The number of methoxy groups -OCH3 is 1. The van der Waals surface area contributed by atoms with Gasteiger partial charge in [-0.2, -0.15) is 0 Å². The summed E-state index contributed by atoms with van der Waals surface area (Å²) in [5.41, 5.74) is 1.78. The Bertz CT molecular complexity index is 1580. The number of amides is 2. The van der Waals surface area contributed by atoms with Crippen LogP contribution >= 0.6 is 0 Å². The highest BCUT2D eigenvalue weighted by Crippen LogP contribution is 2.29. The van der Waals surface area contributed by atoms with Crippen LogP contribution in [-0.4, -0.2) is 55.8 Å². The lowest BCUT2D eigenvalue weighted by Crippen LogP contribution is -2.52. The zero-order valence-corrected chi connectivity index (χ0v) is 26.1. The number of hydrogen-bond donors (Lipinski definition) is 1. The number of hydrogen-bond acceptors (Lipinski definition) is 7. The van der Waals surface area contributed by atoms with Gasteiger partial charge in [0.2, 0.25) is 11.8 Å². The van der Waals surface area contributed by atoms with Gasteiger partial charge in [-0.25, -0.2) is 8.42 Å². The minimum atomic E-state index is -4.48. The summed E-state index contributed by atoms with van der Waals surface area (Å²) in [6.07, 6.45) is 0.691. The van der Waals surface area contributed by atoms with Gasteiger partial charge in [-0.15, -0.1) is 0 Å². The molecule has 0 spiro atoms. The molecule has 11 nitrogen and oxygen atoms in total. The molecule has 0 bridgehead atoms. The van der Waals surface area contributed by atoms with Crippen molar-refractivity contribution in [3.63, 3.8) is 0 Å². The van der Waals surface area contributed by atoms with Crippen molar-refractivity contribution < 1.29 is 27.7 Å². The van der Waals surface area contributed by atoms with Gasteiger partial charge in [-0.1, -0.05) is 37.3 Å². The predicted molar refractivity (Wildman–Crippen MR) is 164 cm³/mol. The first-order valence-electron chi connectivity index (χ1n) is 13.9. The molecule has 230 valence electrons. The van der Waals surface area contributed by atoms with Crippen LogP contribution in [0.2, 0.25) is 0 Å². The normalized spacial score (nSPS) is 12.6. The third kappa shape index (κ3) is 7.89. The Kier molecular flexibility index (Phi) is 10.9. The number of nitro groups is 1. The summed E-state index contributed by atoms with van der Waals surface area (Å²) in [6.45, 7) is 8.18. The third-order valence-electron chi connectivity index (χ3n) is 7.37. The molecule has 3 aromatic rings. The minimum absolute atomic E-state index is 0.0626. The van der Waals surface area contributed by atoms with E-state index in [0.717, 1.165) is 21.5 Å². The summed E-state index contributed by atoms with van der Waals surface area (Å²) in [5.74, 6) is -0.532. The lowest BCUT2D eigenvalue weighted by atomic mass is 10.1. The lowest BCUT2D eigenvalue weighted by Gasteiger charge is -2.32. The molecule has 1 N–H and O–H groups in total. The minimum Gasteiger partial charge on any atom is -0.497 e. The highest BCUT2D eigenvalue weighted by molar-refractivity contribution is 7.92. The number of carbonyl (C=O) groups is 2. The number of nitrogens with one attached hydrogen (secondary N) is 1. The van der Waals surface area contributed by atoms with Gasteiger partial charge in [0, 0.05) is 24.2 Å². The second-order valence-electron chi connectivity index (χ2n) is 10.4. The van der Waals surface area contributed by atoms with Gasteiger partial charge < -0.3 is 15.0 Å². The van der Waals surface area contributed by atoms with E-state index in [2.05, 4.69) is 5.32 Å². The van der Waals surface area contributed by atoms with E-state index >= 15 is 0 Å². The molecule has 0 aliphatic rings.